The third-order valence-corrected chi connectivity index (χ3v) is 6.73. The molecule has 33 heavy (non-hydrogen) atoms. The molecule has 0 aromatic carbocycles. The maximum Gasteiger partial charge on any atom is 0.408 e. The maximum atomic E-state index is 13.2. The van der Waals surface area contributed by atoms with E-state index in [2.05, 4.69) is 15.5 Å². The highest BCUT2D eigenvalue weighted by Crippen LogP contribution is 2.38. The SMILES string of the molecule is CC[C@@H](NC(=O)O[C@@H](CC1CCCCC1)C(=O)N1CCOCC1)C(=O)c1noc(C2CC2)n1. The van der Waals surface area contributed by atoms with E-state index >= 15 is 0 Å². The lowest BCUT2D eigenvalue weighted by Gasteiger charge is -2.32. The number of carbonyl (C=O) groups is 3. The van der Waals surface area contributed by atoms with Gasteiger partial charge in [-0.3, -0.25) is 9.59 Å². The van der Waals surface area contributed by atoms with Gasteiger partial charge in [0.05, 0.1) is 19.3 Å². The second-order valence-electron chi connectivity index (χ2n) is 9.27. The number of amides is 2. The van der Waals surface area contributed by atoms with Crippen LogP contribution in [0.1, 0.15) is 87.1 Å². The first kappa shape index (κ1) is 23.7. The lowest BCUT2D eigenvalue weighted by atomic mass is 9.85. The number of hydrogen-bond donors (Lipinski definition) is 1. The lowest BCUT2D eigenvalue weighted by molar-refractivity contribution is -0.145. The highest BCUT2D eigenvalue weighted by molar-refractivity contribution is 5.98. The van der Waals surface area contributed by atoms with Crippen molar-refractivity contribution in [3.05, 3.63) is 11.7 Å². The summed E-state index contributed by atoms with van der Waals surface area (Å²) in [4.78, 5) is 44.6. The summed E-state index contributed by atoms with van der Waals surface area (Å²) in [6.45, 7) is 3.72. The Kier molecular flexibility index (Phi) is 7.95. The van der Waals surface area contributed by atoms with E-state index in [0.29, 0.717) is 51.0 Å². The molecule has 1 aromatic rings. The van der Waals surface area contributed by atoms with Crippen molar-refractivity contribution in [3.63, 3.8) is 0 Å². The summed E-state index contributed by atoms with van der Waals surface area (Å²) in [5, 5.41) is 6.40. The Morgan fingerprint density at radius 2 is 1.85 bits per heavy atom. The summed E-state index contributed by atoms with van der Waals surface area (Å²) < 4.78 is 16.2. The maximum absolute atomic E-state index is 13.2. The third kappa shape index (κ3) is 6.31. The zero-order valence-electron chi connectivity index (χ0n) is 19.3. The largest absolute Gasteiger partial charge is 0.436 e. The van der Waals surface area contributed by atoms with Crippen LogP contribution in [0.3, 0.4) is 0 Å². The van der Waals surface area contributed by atoms with E-state index in [1.165, 1.54) is 6.42 Å². The minimum Gasteiger partial charge on any atom is -0.436 e. The number of alkyl carbamates (subject to hydrolysis) is 1. The third-order valence-electron chi connectivity index (χ3n) is 6.73. The smallest absolute Gasteiger partial charge is 0.408 e. The standard InChI is InChI=1S/C23H34N4O6/c1-2-17(19(28)20-25-21(33-26-20)16-8-9-16)24-23(30)32-18(14-15-6-4-3-5-7-15)22(29)27-10-12-31-13-11-27/h15-18H,2-14H2,1H3,(H,24,30)/t17-,18+/m1/s1. The van der Waals surface area contributed by atoms with Crippen LogP contribution in [-0.4, -0.2) is 71.3 Å². The van der Waals surface area contributed by atoms with Crippen molar-refractivity contribution in [1.82, 2.24) is 20.4 Å². The van der Waals surface area contributed by atoms with Crippen LogP contribution >= 0.6 is 0 Å². The van der Waals surface area contributed by atoms with E-state index in [4.69, 9.17) is 14.0 Å². The van der Waals surface area contributed by atoms with Gasteiger partial charge >= 0.3 is 6.09 Å². The van der Waals surface area contributed by atoms with Gasteiger partial charge in [0.2, 0.25) is 17.5 Å². The van der Waals surface area contributed by atoms with Gasteiger partial charge in [0.15, 0.2) is 6.10 Å². The van der Waals surface area contributed by atoms with Crippen molar-refractivity contribution in [3.8, 4) is 0 Å². The molecule has 2 heterocycles. The number of hydrogen-bond acceptors (Lipinski definition) is 8. The van der Waals surface area contributed by atoms with E-state index in [1.54, 1.807) is 11.8 Å². The van der Waals surface area contributed by atoms with Crippen LogP contribution < -0.4 is 5.32 Å². The Labute approximate surface area is 193 Å². The van der Waals surface area contributed by atoms with Crippen LogP contribution in [0.2, 0.25) is 0 Å². The summed E-state index contributed by atoms with van der Waals surface area (Å²) in [7, 11) is 0. The molecule has 0 unspecified atom stereocenters. The van der Waals surface area contributed by atoms with Gasteiger partial charge in [-0.05, 0) is 31.6 Å². The van der Waals surface area contributed by atoms with Crippen molar-refractivity contribution in [2.75, 3.05) is 26.3 Å². The summed E-state index contributed by atoms with van der Waals surface area (Å²) >= 11 is 0. The number of ketones is 1. The molecule has 2 amide bonds. The number of Topliss-reactive ketones (excluding diaryl/α,β-unsaturated/α-hetero) is 1. The van der Waals surface area contributed by atoms with Crippen molar-refractivity contribution in [2.45, 2.75) is 82.8 Å². The van der Waals surface area contributed by atoms with Crippen LogP contribution in [0.15, 0.2) is 4.52 Å². The van der Waals surface area contributed by atoms with Gasteiger partial charge < -0.3 is 24.2 Å². The topological polar surface area (TPSA) is 124 Å². The van der Waals surface area contributed by atoms with E-state index in [-0.39, 0.29) is 17.6 Å². The molecule has 0 radical (unpaired) electrons. The normalized spacial score (nSPS) is 21.3. The Morgan fingerprint density at radius 3 is 2.52 bits per heavy atom. The molecule has 0 bridgehead atoms. The average molecular weight is 463 g/mol. The number of morpholine rings is 1. The fraction of sp³-hybridized carbons (Fsp3) is 0.783. The molecule has 2 saturated carbocycles. The van der Waals surface area contributed by atoms with Crippen molar-refractivity contribution >= 4 is 17.8 Å². The van der Waals surface area contributed by atoms with Gasteiger partial charge in [0.1, 0.15) is 0 Å². The Morgan fingerprint density at radius 1 is 1.12 bits per heavy atom. The molecule has 1 saturated heterocycles. The number of carbonyl (C=O) groups excluding carboxylic acids is 3. The molecule has 2 aliphatic carbocycles. The van der Waals surface area contributed by atoms with Crippen molar-refractivity contribution < 1.29 is 28.4 Å². The molecule has 10 nitrogen and oxygen atoms in total. The number of aromatic nitrogens is 2. The molecular weight excluding hydrogens is 428 g/mol. The molecule has 1 N–H and O–H groups in total. The van der Waals surface area contributed by atoms with Gasteiger partial charge in [-0.25, -0.2) is 4.79 Å². The van der Waals surface area contributed by atoms with E-state index in [9.17, 15) is 14.4 Å². The Bertz CT molecular complexity index is 827. The van der Waals surface area contributed by atoms with Crippen LogP contribution in [0.4, 0.5) is 4.79 Å². The fourth-order valence-electron chi connectivity index (χ4n) is 4.56. The van der Waals surface area contributed by atoms with Gasteiger partial charge in [0, 0.05) is 19.0 Å². The predicted molar refractivity (Wildman–Crippen MR) is 117 cm³/mol. The van der Waals surface area contributed by atoms with Crippen LogP contribution in [0.5, 0.6) is 0 Å². The highest BCUT2D eigenvalue weighted by atomic mass is 16.6. The second-order valence-corrected chi connectivity index (χ2v) is 9.27. The van der Waals surface area contributed by atoms with Gasteiger partial charge in [0.25, 0.3) is 5.91 Å². The molecule has 182 valence electrons. The molecule has 4 rings (SSSR count). The number of nitrogens with one attached hydrogen (secondary N) is 1. The van der Waals surface area contributed by atoms with Crippen molar-refractivity contribution in [1.29, 1.82) is 0 Å². The van der Waals surface area contributed by atoms with Gasteiger partial charge in [-0.2, -0.15) is 4.98 Å². The van der Waals surface area contributed by atoms with Crippen LogP contribution in [-0.2, 0) is 14.3 Å². The molecular formula is C23H34N4O6. The molecule has 1 aromatic heterocycles. The van der Waals surface area contributed by atoms with Crippen LogP contribution in [0, 0.1) is 5.92 Å². The summed E-state index contributed by atoms with van der Waals surface area (Å²) in [6, 6.07) is -0.851. The lowest BCUT2D eigenvalue weighted by Crippen LogP contribution is -2.49. The Hall–Kier alpha value is -2.49. The number of rotatable bonds is 9. The summed E-state index contributed by atoms with van der Waals surface area (Å²) in [6.07, 6.45) is 6.71. The second kappa shape index (κ2) is 11.1. The quantitative estimate of drug-likeness (QED) is 0.556. The van der Waals surface area contributed by atoms with Gasteiger partial charge in [-0.1, -0.05) is 44.2 Å². The van der Waals surface area contributed by atoms with E-state index < -0.39 is 24.0 Å². The molecule has 0 spiro atoms. The minimum absolute atomic E-state index is 0.0350. The summed E-state index contributed by atoms with van der Waals surface area (Å²) in [5.74, 6) is 0.417. The highest BCUT2D eigenvalue weighted by Gasteiger charge is 2.35. The van der Waals surface area contributed by atoms with Gasteiger partial charge in [-0.15, -0.1) is 0 Å². The van der Waals surface area contributed by atoms with Crippen LogP contribution in [0.25, 0.3) is 0 Å². The monoisotopic (exact) mass is 462 g/mol. The summed E-state index contributed by atoms with van der Waals surface area (Å²) in [5.41, 5.74) is 0. The van der Waals surface area contributed by atoms with E-state index in [0.717, 1.165) is 38.5 Å². The molecule has 3 aliphatic rings. The number of nitrogens with zero attached hydrogens (tertiary/aromatic N) is 3. The van der Waals surface area contributed by atoms with E-state index in [1.807, 2.05) is 0 Å². The zero-order valence-corrected chi connectivity index (χ0v) is 19.3. The zero-order chi connectivity index (χ0) is 23.2. The Balaban J connectivity index is 1.38. The first-order chi connectivity index (χ1) is 16.0. The molecule has 2 atom stereocenters. The molecule has 3 fully saturated rings. The first-order valence-electron chi connectivity index (χ1n) is 12.3. The minimum atomic E-state index is -0.870. The molecule has 10 heteroatoms. The average Bonchev–Trinajstić information content (AvgIpc) is 3.58. The first-order valence-corrected chi connectivity index (χ1v) is 12.3. The molecule has 1 aliphatic heterocycles. The fourth-order valence-corrected chi connectivity index (χ4v) is 4.56. The predicted octanol–water partition coefficient (Wildman–Crippen LogP) is 2.83. The van der Waals surface area contributed by atoms with Crippen molar-refractivity contribution in [2.24, 2.45) is 5.92 Å². The number of ether oxygens (including phenoxy) is 2.